The third-order valence-electron chi connectivity index (χ3n) is 15.4. The molecule has 0 atom stereocenters. The Morgan fingerprint density at radius 2 is 0.847 bits per heavy atom. The highest BCUT2D eigenvalue weighted by Gasteiger charge is 2.27. The first-order valence-corrected chi connectivity index (χ1v) is 25.5. The molecule has 4 heterocycles. The molecule has 0 saturated carbocycles. The maximum Gasteiger partial charge on any atom is 0.159 e. The van der Waals surface area contributed by atoms with Crippen molar-refractivity contribution in [3.05, 3.63) is 211 Å². The van der Waals surface area contributed by atoms with Crippen molar-refractivity contribution in [3.63, 3.8) is 0 Å². The predicted octanol–water partition coefficient (Wildman–Crippen LogP) is 20.1. The van der Waals surface area contributed by atoms with Crippen molar-refractivity contribution in [2.45, 2.75) is 59.3 Å². The zero-order valence-electron chi connectivity index (χ0n) is 41.4. The second-order valence-electron chi connectivity index (χ2n) is 20.6. The Kier molecular flexibility index (Phi) is 9.41. The molecule has 0 unspecified atom stereocenters. The molecule has 0 aliphatic heterocycles. The van der Waals surface area contributed by atoms with E-state index in [-0.39, 0.29) is 0 Å². The zero-order valence-corrected chi connectivity index (χ0v) is 41.4. The van der Waals surface area contributed by atoms with E-state index in [1.807, 2.05) is 0 Å². The fourth-order valence-corrected chi connectivity index (χ4v) is 11.9. The molecule has 0 spiro atoms. The summed E-state index contributed by atoms with van der Waals surface area (Å²) in [5, 5.41) is 11.9. The van der Waals surface area contributed by atoms with Crippen molar-refractivity contribution in [1.82, 2.24) is 4.40 Å². The standard InChI is InChI=1S/C67H53N3O2/c1-39(2)42-30-33-55-60(36-42)70-61-38-47(69(45-19-11-8-12-20-45)59-28-16-26-54-52-24-14-22-49(41(5)6)65(52)72-67(54)59)32-34-50(61)57-35-43-29-31-46(37-56(43)62(55)63(57)70)68(44-17-9-7-10-18-44)58-27-15-25-53-51-23-13-21-48(40(3)4)64(51)71-66(53)58/h7-41H,1-6H3. The van der Waals surface area contributed by atoms with Gasteiger partial charge in [-0.1, -0.05) is 163 Å². The summed E-state index contributed by atoms with van der Waals surface area (Å²) in [5.74, 6) is 1.02. The Labute approximate surface area is 418 Å². The molecular formula is C67H53N3O2. The molecule has 10 aromatic carbocycles. The van der Waals surface area contributed by atoms with Crippen molar-refractivity contribution in [2.75, 3.05) is 9.80 Å². The fraction of sp³-hybridized carbons (Fsp3) is 0.134. The highest BCUT2D eigenvalue weighted by Crippen LogP contribution is 2.50. The number of hydrogen-bond donors (Lipinski definition) is 0. The van der Waals surface area contributed by atoms with E-state index in [9.17, 15) is 0 Å². The van der Waals surface area contributed by atoms with Crippen LogP contribution in [0.15, 0.2) is 203 Å². The molecule has 5 heteroatoms. The lowest BCUT2D eigenvalue weighted by molar-refractivity contribution is 0.657. The van der Waals surface area contributed by atoms with E-state index in [1.165, 1.54) is 65.6 Å². The van der Waals surface area contributed by atoms with Crippen LogP contribution in [0.3, 0.4) is 0 Å². The van der Waals surface area contributed by atoms with E-state index >= 15 is 0 Å². The van der Waals surface area contributed by atoms with Gasteiger partial charge in [0.15, 0.2) is 11.2 Å². The van der Waals surface area contributed by atoms with Gasteiger partial charge < -0.3 is 23.0 Å². The molecule has 0 fully saturated rings. The summed E-state index contributed by atoms with van der Waals surface area (Å²) in [6.07, 6.45) is 0. The van der Waals surface area contributed by atoms with Crippen LogP contribution >= 0.6 is 0 Å². The molecule has 5 nitrogen and oxygen atoms in total. The van der Waals surface area contributed by atoms with E-state index in [0.29, 0.717) is 17.8 Å². The van der Waals surface area contributed by atoms with Crippen LogP contribution in [0.5, 0.6) is 0 Å². The molecule has 0 aliphatic rings. The maximum atomic E-state index is 6.99. The Balaban J connectivity index is 1.02. The number of hydrogen-bond acceptors (Lipinski definition) is 4. The molecule has 0 radical (unpaired) electrons. The van der Waals surface area contributed by atoms with E-state index in [0.717, 1.165) is 78.0 Å². The van der Waals surface area contributed by atoms with Gasteiger partial charge in [0.05, 0.1) is 27.9 Å². The first-order chi connectivity index (χ1) is 35.2. The van der Waals surface area contributed by atoms with Crippen molar-refractivity contribution in [2.24, 2.45) is 0 Å². The van der Waals surface area contributed by atoms with E-state index in [1.54, 1.807) is 0 Å². The number of anilines is 6. The molecular weight excluding hydrogens is 879 g/mol. The minimum absolute atomic E-state index is 0.326. The summed E-state index contributed by atoms with van der Waals surface area (Å²) in [5.41, 5.74) is 17.3. The second kappa shape index (κ2) is 16.0. The maximum absolute atomic E-state index is 6.99. The Bertz CT molecular complexity index is 4440. The van der Waals surface area contributed by atoms with Gasteiger partial charge >= 0.3 is 0 Å². The highest BCUT2D eigenvalue weighted by atomic mass is 16.3. The first kappa shape index (κ1) is 42.3. The number of fused-ring (bicyclic) bond motifs is 14. The van der Waals surface area contributed by atoms with Gasteiger partial charge in [0.2, 0.25) is 0 Å². The van der Waals surface area contributed by atoms with Gasteiger partial charge in [-0.2, -0.15) is 0 Å². The lowest BCUT2D eigenvalue weighted by Gasteiger charge is -2.26. The van der Waals surface area contributed by atoms with Gasteiger partial charge in [-0.05, 0) is 118 Å². The number of benzene rings is 10. The van der Waals surface area contributed by atoms with Crippen LogP contribution in [-0.4, -0.2) is 4.40 Å². The Morgan fingerprint density at radius 3 is 1.40 bits per heavy atom. The average Bonchev–Trinajstić information content (AvgIpc) is 4.17. The number of nitrogens with zero attached hydrogens (tertiary/aromatic N) is 3. The van der Waals surface area contributed by atoms with Crippen molar-refractivity contribution in [1.29, 1.82) is 0 Å². The molecule has 0 aliphatic carbocycles. The number of rotatable bonds is 9. The molecule has 14 rings (SSSR count). The second-order valence-corrected chi connectivity index (χ2v) is 20.6. The third kappa shape index (κ3) is 6.19. The average molecular weight is 932 g/mol. The SMILES string of the molecule is CC(C)c1ccc2c3c4cc(N(c5ccccc5)c5cccc6c5oc5c(C(C)C)cccc56)ccc4cc4c5ccc(N(c6ccccc6)c6cccc7c6oc6c(C(C)C)cccc67)cc5n(c2c1)c43. The van der Waals surface area contributed by atoms with Gasteiger partial charge in [-0.15, -0.1) is 0 Å². The van der Waals surface area contributed by atoms with Gasteiger partial charge in [0.1, 0.15) is 11.2 Å². The molecule has 0 amide bonds. The predicted molar refractivity (Wildman–Crippen MR) is 305 cm³/mol. The molecule has 0 saturated heterocycles. The Morgan fingerprint density at radius 1 is 0.347 bits per heavy atom. The minimum Gasteiger partial charge on any atom is -0.454 e. The quantitative estimate of drug-likeness (QED) is 0.145. The first-order valence-electron chi connectivity index (χ1n) is 25.5. The van der Waals surface area contributed by atoms with Gasteiger partial charge in [-0.3, -0.25) is 0 Å². The van der Waals surface area contributed by atoms with Crippen LogP contribution in [0.4, 0.5) is 34.1 Å². The van der Waals surface area contributed by atoms with Crippen LogP contribution in [-0.2, 0) is 0 Å². The molecule has 0 bridgehead atoms. The van der Waals surface area contributed by atoms with Crippen molar-refractivity contribution < 1.29 is 8.83 Å². The van der Waals surface area contributed by atoms with Crippen LogP contribution in [0.25, 0.3) is 92.7 Å². The van der Waals surface area contributed by atoms with E-state index in [2.05, 4.69) is 250 Å². The smallest absolute Gasteiger partial charge is 0.159 e. The molecule has 0 N–H and O–H groups in total. The van der Waals surface area contributed by atoms with E-state index < -0.39 is 0 Å². The van der Waals surface area contributed by atoms with Crippen LogP contribution in [0, 0.1) is 0 Å². The molecule has 4 aromatic heterocycles. The highest BCUT2D eigenvalue weighted by molar-refractivity contribution is 6.32. The topological polar surface area (TPSA) is 37.2 Å². The zero-order chi connectivity index (χ0) is 48.5. The minimum atomic E-state index is 0.326. The van der Waals surface area contributed by atoms with Crippen LogP contribution < -0.4 is 9.80 Å². The molecule has 348 valence electrons. The van der Waals surface area contributed by atoms with E-state index in [4.69, 9.17) is 8.83 Å². The number of aromatic nitrogens is 1. The van der Waals surface area contributed by atoms with Crippen LogP contribution in [0.2, 0.25) is 0 Å². The summed E-state index contributed by atoms with van der Waals surface area (Å²) in [6, 6.07) is 71.3. The largest absolute Gasteiger partial charge is 0.454 e. The summed E-state index contributed by atoms with van der Waals surface area (Å²) < 4.78 is 16.5. The lowest BCUT2D eigenvalue weighted by atomic mass is 9.97. The normalized spacial score (nSPS) is 12.4. The molecule has 14 aromatic rings. The summed E-state index contributed by atoms with van der Waals surface area (Å²) in [6.45, 7) is 13.5. The van der Waals surface area contributed by atoms with Gasteiger partial charge in [0.25, 0.3) is 0 Å². The number of para-hydroxylation sites is 6. The summed E-state index contributed by atoms with van der Waals surface area (Å²) in [4.78, 5) is 4.75. The fourth-order valence-electron chi connectivity index (χ4n) is 11.9. The monoisotopic (exact) mass is 931 g/mol. The van der Waals surface area contributed by atoms with Gasteiger partial charge in [-0.25, -0.2) is 0 Å². The summed E-state index contributed by atoms with van der Waals surface area (Å²) >= 11 is 0. The lowest BCUT2D eigenvalue weighted by Crippen LogP contribution is -2.10. The summed E-state index contributed by atoms with van der Waals surface area (Å²) in [7, 11) is 0. The third-order valence-corrected chi connectivity index (χ3v) is 15.4. The van der Waals surface area contributed by atoms with Crippen molar-refractivity contribution in [3.8, 4) is 0 Å². The van der Waals surface area contributed by atoms with Crippen molar-refractivity contribution >= 4 is 127 Å². The Hall–Kier alpha value is -8.54. The molecule has 72 heavy (non-hydrogen) atoms. The van der Waals surface area contributed by atoms with Crippen LogP contribution in [0.1, 0.15) is 76.0 Å². The van der Waals surface area contributed by atoms with Gasteiger partial charge in [0, 0.05) is 65.8 Å². The number of furan rings is 2.